The van der Waals surface area contributed by atoms with E-state index in [1.165, 1.54) is 4.90 Å². The number of nitriles is 1. The fourth-order valence-electron chi connectivity index (χ4n) is 1.18. The lowest BCUT2D eigenvalue weighted by Crippen LogP contribution is -2.36. The second-order valence-corrected chi connectivity index (χ2v) is 3.93. The van der Waals surface area contributed by atoms with Crippen LogP contribution in [0.3, 0.4) is 0 Å². The van der Waals surface area contributed by atoms with Crippen molar-refractivity contribution in [1.29, 1.82) is 5.26 Å². The van der Waals surface area contributed by atoms with Crippen molar-refractivity contribution < 1.29 is 0 Å². The van der Waals surface area contributed by atoms with Gasteiger partial charge in [-0.25, -0.2) is 9.97 Å². The highest BCUT2D eigenvalue weighted by Crippen LogP contribution is 2.10. The zero-order chi connectivity index (χ0) is 12.3. The summed E-state index contributed by atoms with van der Waals surface area (Å²) in [6.45, 7) is 3.71. The summed E-state index contributed by atoms with van der Waals surface area (Å²) in [4.78, 5) is 11.3. The van der Waals surface area contributed by atoms with Crippen LogP contribution in [0.4, 0.5) is 5.95 Å². The van der Waals surface area contributed by atoms with Gasteiger partial charge in [-0.05, 0) is 32.1 Å². The molecular formula is C10H13N5S. The Bertz CT molecular complexity index is 429. The summed E-state index contributed by atoms with van der Waals surface area (Å²) in [6.07, 6.45) is 1.98. The molecule has 0 N–H and O–H groups in total. The first-order chi connectivity index (χ1) is 7.45. The van der Waals surface area contributed by atoms with Crippen LogP contribution < -0.4 is 4.90 Å². The van der Waals surface area contributed by atoms with Crippen molar-refractivity contribution in [1.82, 2.24) is 14.9 Å². The Labute approximate surface area is 100 Å². The highest BCUT2D eigenvalue weighted by atomic mass is 32.1. The summed E-state index contributed by atoms with van der Waals surface area (Å²) in [7, 11) is 3.55. The average Bonchev–Trinajstić information content (AvgIpc) is 2.16. The van der Waals surface area contributed by atoms with Crippen LogP contribution in [0.2, 0.25) is 0 Å². The fraction of sp³-hybridized carbons (Fsp3) is 0.400. The third-order valence-electron chi connectivity index (χ3n) is 1.84. The zero-order valence-corrected chi connectivity index (χ0v) is 10.5. The number of hydrogen-bond donors (Lipinski definition) is 0. The van der Waals surface area contributed by atoms with Crippen LogP contribution >= 0.6 is 12.2 Å². The molecule has 0 spiro atoms. The van der Waals surface area contributed by atoms with Crippen LogP contribution in [0.25, 0.3) is 0 Å². The monoisotopic (exact) mass is 235 g/mol. The van der Waals surface area contributed by atoms with Gasteiger partial charge in [0.05, 0.1) is 0 Å². The molecule has 0 radical (unpaired) electrons. The van der Waals surface area contributed by atoms with Gasteiger partial charge in [0.2, 0.25) is 5.95 Å². The zero-order valence-electron chi connectivity index (χ0n) is 9.72. The van der Waals surface area contributed by atoms with E-state index in [1.54, 1.807) is 19.0 Å². The minimum Gasteiger partial charge on any atom is -0.354 e. The standard InChI is InChI=1S/C10H13N5S/c1-7-5-8(2)13-9(12-7)15(6-11)10(16)14(3)4/h5H,1-4H3. The molecule has 16 heavy (non-hydrogen) atoms. The first-order valence-corrected chi connectivity index (χ1v) is 5.10. The second kappa shape index (κ2) is 4.86. The molecule has 84 valence electrons. The van der Waals surface area contributed by atoms with Crippen molar-refractivity contribution >= 4 is 23.3 Å². The highest BCUT2D eigenvalue weighted by Gasteiger charge is 2.16. The Morgan fingerprint density at radius 3 is 2.19 bits per heavy atom. The van der Waals surface area contributed by atoms with E-state index < -0.39 is 0 Å². The first-order valence-electron chi connectivity index (χ1n) is 4.69. The Morgan fingerprint density at radius 2 is 1.81 bits per heavy atom. The van der Waals surface area contributed by atoms with Gasteiger partial charge in [0.15, 0.2) is 11.3 Å². The minimum atomic E-state index is 0.318. The molecule has 0 saturated heterocycles. The van der Waals surface area contributed by atoms with Crippen LogP contribution in [-0.2, 0) is 0 Å². The molecule has 0 fully saturated rings. The van der Waals surface area contributed by atoms with E-state index in [9.17, 15) is 0 Å². The van der Waals surface area contributed by atoms with E-state index in [2.05, 4.69) is 9.97 Å². The predicted octanol–water partition coefficient (Wildman–Crippen LogP) is 1.23. The van der Waals surface area contributed by atoms with Crippen LogP contribution in [-0.4, -0.2) is 34.1 Å². The van der Waals surface area contributed by atoms with E-state index >= 15 is 0 Å². The van der Waals surface area contributed by atoms with Crippen LogP contribution in [0.1, 0.15) is 11.4 Å². The molecule has 5 nitrogen and oxygen atoms in total. The van der Waals surface area contributed by atoms with Crippen molar-refractivity contribution in [3.8, 4) is 6.19 Å². The van der Waals surface area contributed by atoms with Gasteiger partial charge in [0.1, 0.15) is 0 Å². The maximum Gasteiger partial charge on any atom is 0.246 e. The average molecular weight is 235 g/mol. The molecule has 0 unspecified atom stereocenters. The molecule has 6 heteroatoms. The van der Waals surface area contributed by atoms with Crippen LogP contribution in [0, 0.1) is 25.3 Å². The largest absolute Gasteiger partial charge is 0.354 e. The van der Waals surface area contributed by atoms with Gasteiger partial charge in [0.25, 0.3) is 0 Å². The Hall–Kier alpha value is -1.74. The quantitative estimate of drug-likeness (QED) is 0.414. The predicted molar refractivity (Wildman–Crippen MR) is 65.9 cm³/mol. The summed E-state index contributed by atoms with van der Waals surface area (Å²) < 4.78 is 0. The fourth-order valence-corrected chi connectivity index (χ4v) is 1.30. The van der Waals surface area contributed by atoms with Gasteiger partial charge in [-0.2, -0.15) is 10.2 Å². The smallest absolute Gasteiger partial charge is 0.246 e. The molecule has 0 aliphatic carbocycles. The van der Waals surface area contributed by atoms with Gasteiger partial charge in [-0.1, -0.05) is 0 Å². The maximum absolute atomic E-state index is 9.06. The number of aryl methyl sites for hydroxylation is 2. The summed E-state index contributed by atoms with van der Waals surface area (Å²) in [6, 6.07) is 1.85. The molecule has 0 aromatic carbocycles. The number of nitrogens with zero attached hydrogens (tertiary/aromatic N) is 5. The SMILES string of the molecule is Cc1cc(C)nc(N(C#N)C(=S)N(C)C)n1. The van der Waals surface area contributed by atoms with Gasteiger partial charge in [-0.15, -0.1) is 0 Å². The molecule has 0 aliphatic rings. The van der Waals surface area contributed by atoms with Crippen molar-refractivity contribution in [3.05, 3.63) is 17.5 Å². The van der Waals surface area contributed by atoms with Gasteiger partial charge in [-0.3, -0.25) is 0 Å². The van der Waals surface area contributed by atoms with Gasteiger partial charge in [0, 0.05) is 25.5 Å². The van der Waals surface area contributed by atoms with E-state index in [4.69, 9.17) is 17.5 Å². The van der Waals surface area contributed by atoms with Crippen molar-refractivity contribution in [3.63, 3.8) is 0 Å². The van der Waals surface area contributed by atoms with Crippen LogP contribution in [0.5, 0.6) is 0 Å². The molecule has 0 amide bonds. The lowest BCUT2D eigenvalue weighted by molar-refractivity contribution is 0.624. The Kier molecular flexibility index (Phi) is 3.74. The number of hydrogen-bond acceptors (Lipinski definition) is 4. The molecule has 1 rings (SSSR count). The second-order valence-electron chi connectivity index (χ2n) is 3.56. The first kappa shape index (κ1) is 12.3. The molecule has 1 aromatic heterocycles. The van der Waals surface area contributed by atoms with Crippen LogP contribution in [0.15, 0.2) is 6.07 Å². The van der Waals surface area contributed by atoms with E-state index in [0.29, 0.717) is 11.1 Å². The summed E-state index contributed by atoms with van der Waals surface area (Å²) in [5.41, 5.74) is 1.62. The third kappa shape index (κ3) is 2.64. The summed E-state index contributed by atoms with van der Waals surface area (Å²) in [5.74, 6) is 0.318. The van der Waals surface area contributed by atoms with Crippen molar-refractivity contribution in [2.75, 3.05) is 19.0 Å². The summed E-state index contributed by atoms with van der Waals surface area (Å²) >= 11 is 5.12. The molecule has 0 bridgehead atoms. The van der Waals surface area contributed by atoms with Gasteiger partial charge >= 0.3 is 0 Å². The number of rotatable bonds is 1. The van der Waals surface area contributed by atoms with E-state index in [1.807, 2.05) is 26.1 Å². The van der Waals surface area contributed by atoms with Gasteiger partial charge < -0.3 is 4.90 Å². The molecule has 0 atom stereocenters. The minimum absolute atomic E-state index is 0.318. The normalized spacial score (nSPS) is 9.44. The molecular weight excluding hydrogens is 222 g/mol. The van der Waals surface area contributed by atoms with Crippen molar-refractivity contribution in [2.45, 2.75) is 13.8 Å². The highest BCUT2D eigenvalue weighted by molar-refractivity contribution is 7.80. The lowest BCUT2D eigenvalue weighted by Gasteiger charge is -2.20. The molecule has 1 aromatic rings. The van der Waals surface area contributed by atoms with Crippen molar-refractivity contribution in [2.24, 2.45) is 0 Å². The lowest BCUT2D eigenvalue weighted by atomic mass is 10.3. The van der Waals surface area contributed by atoms with E-state index in [-0.39, 0.29) is 0 Å². The number of thiocarbonyl (C=S) groups is 1. The molecule has 1 heterocycles. The molecule has 0 saturated carbocycles. The Morgan fingerprint density at radius 1 is 1.31 bits per heavy atom. The third-order valence-corrected chi connectivity index (χ3v) is 2.39. The maximum atomic E-state index is 9.06. The van der Waals surface area contributed by atoms with E-state index in [0.717, 1.165) is 11.4 Å². The summed E-state index contributed by atoms with van der Waals surface area (Å²) in [5, 5.41) is 9.43. The Balaban J connectivity index is 3.15. The molecule has 0 aliphatic heterocycles. The number of anilines is 1. The topological polar surface area (TPSA) is 56.1 Å². The number of aromatic nitrogens is 2.